The van der Waals surface area contributed by atoms with Crippen LogP contribution in [0, 0.1) is 18.3 Å². The van der Waals surface area contributed by atoms with Crippen LogP contribution in [-0.4, -0.2) is 40.1 Å². The third-order valence-electron chi connectivity index (χ3n) is 4.18. The van der Waals surface area contributed by atoms with Crippen LogP contribution >= 0.6 is 11.3 Å². The molecule has 2 amide bonds. The van der Waals surface area contributed by atoms with Crippen LogP contribution < -0.4 is 5.32 Å². The van der Waals surface area contributed by atoms with Crippen LogP contribution in [0.1, 0.15) is 30.2 Å². The standard InChI is InChI=1S/C14H21N3O3S/c1-9(2)14(12(18)19)4-5-17(8-14)13(20)16-7-11-15-6-10(3)21-11/h6,9H,4-5,7-8H2,1-3H3,(H,16,20)(H,18,19). The highest BCUT2D eigenvalue weighted by Gasteiger charge is 2.48. The van der Waals surface area contributed by atoms with E-state index < -0.39 is 11.4 Å². The first-order chi connectivity index (χ1) is 9.85. The molecule has 7 heteroatoms. The second-order valence-corrected chi connectivity index (χ2v) is 7.13. The fourth-order valence-corrected chi connectivity index (χ4v) is 3.37. The average molecular weight is 311 g/mol. The number of nitrogens with one attached hydrogen (secondary N) is 1. The molecule has 1 aromatic heterocycles. The van der Waals surface area contributed by atoms with Crippen molar-refractivity contribution in [2.45, 2.75) is 33.7 Å². The Bertz CT molecular complexity index is 543. The Morgan fingerprint density at radius 3 is 2.76 bits per heavy atom. The van der Waals surface area contributed by atoms with E-state index in [1.165, 1.54) is 0 Å². The zero-order valence-electron chi connectivity index (χ0n) is 12.5. The van der Waals surface area contributed by atoms with E-state index in [0.29, 0.717) is 19.5 Å². The smallest absolute Gasteiger partial charge is 0.317 e. The number of carboxylic acid groups (broad SMARTS) is 1. The van der Waals surface area contributed by atoms with E-state index in [-0.39, 0.29) is 18.5 Å². The summed E-state index contributed by atoms with van der Waals surface area (Å²) in [7, 11) is 0. The maximum atomic E-state index is 12.2. The van der Waals surface area contributed by atoms with Crippen molar-refractivity contribution < 1.29 is 14.7 Å². The van der Waals surface area contributed by atoms with Gasteiger partial charge in [-0.1, -0.05) is 13.8 Å². The van der Waals surface area contributed by atoms with E-state index in [1.807, 2.05) is 20.8 Å². The van der Waals surface area contributed by atoms with Crippen LogP contribution in [0.4, 0.5) is 4.79 Å². The van der Waals surface area contributed by atoms with Gasteiger partial charge in [0.05, 0.1) is 12.0 Å². The first-order valence-corrected chi connectivity index (χ1v) is 7.84. The minimum absolute atomic E-state index is 0.00517. The summed E-state index contributed by atoms with van der Waals surface area (Å²) < 4.78 is 0. The van der Waals surface area contributed by atoms with Crippen molar-refractivity contribution in [1.82, 2.24) is 15.2 Å². The van der Waals surface area contributed by atoms with E-state index in [1.54, 1.807) is 22.4 Å². The van der Waals surface area contributed by atoms with Crippen LogP contribution in [-0.2, 0) is 11.3 Å². The number of thiazole rings is 1. The molecule has 21 heavy (non-hydrogen) atoms. The van der Waals surface area contributed by atoms with Gasteiger partial charge in [-0.15, -0.1) is 11.3 Å². The van der Waals surface area contributed by atoms with E-state index in [4.69, 9.17) is 0 Å². The molecule has 1 aliphatic heterocycles. The Labute approximate surface area is 128 Å². The molecule has 116 valence electrons. The van der Waals surface area contributed by atoms with Gasteiger partial charge >= 0.3 is 12.0 Å². The van der Waals surface area contributed by atoms with E-state index in [2.05, 4.69) is 10.3 Å². The van der Waals surface area contributed by atoms with Crippen molar-refractivity contribution in [3.8, 4) is 0 Å². The second kappa shape index (κ2) is 6.01. The first-order valence-electron chi connectivity index (χ1n) is 7.02. The first kappa shape index (κ1) is 15.8. The van der Waals surface area contributed by atoms with Gasteiger partial charge in [0, 0.05) is 24.2 Å². The number of likely N-dealkylation sites (tertiary alicyclic amines) is 1. The average Bonchev–Trinajstić information content (AvgIpc) is 3.03. The lowest BCUT2D eigenvalue weighted by atomic mass is 9.76. The summed E-state index contributed by atoms with van der Waals surface area (Å²) in [5.74, 6) is -0.822. The molecular formula is C14H21N3O3S. The number of carbonyl (C=O) groups excluding carboxylic acids is 1. The lowest BCUT2D eigenvalue weighted by Gasteiger charge is -2.28. The number of nitrogens with zero attached hydrogens (tertiary/aromatic N) is 2. The second-order valence-electron chi connectivity index (χ2n) is 5.81. The number of carbonyl (C=O) groups is 2. The maximum Gasteiger partial charge on any atom is 0.317 e. The topological polar surface area (TPSA) is 82.5 Å². The molecule has 1 saturated heterocycles. The molecule has 0 bridgehead atoms. The molecule has 2 N–H and O–H groups in total. The number of aryl methyl sites for hydroxylation is 1. The van der Waals surface area contributed by atoms with Gasteiger partial charge in [0.1, 0.15) is 5.01 Å². The zero-order chi connectivity index (χ0) is 15.6. The van der Waals surface area contributed by atoms with Crippen molar-refractivity contribution in [1.29, 1.82) is 0 Å². The third-order valence-corrected chi connectivity index (χ3v) is 5.09. The predicted octanol–water partition coefficient (Wildman–Crippen LogP) is 2.09. The molecule has 1 unspecified atom stereocenters. The van der Waals surface area contributed by atoms with Gasteiger partial charge < -0.3 is 15.3 Å². The summed E-state index contributed by atoms with van der Waals surface area (Å²) in [4.78, 5) is 30.6. The monoisotopic (exact) mass is 311 g/mol. The third kappa shape index (κ3) is 3.18. The number of aliphatic carboxylic acids is 1. The summed E-state index contributed by atoms with van der Waals surface area (Å²) in [5, 5.41) is 13.1. The Morgan fingerprint density at radius 1 is 1.57 bits per heavy atom. The molecule has 0 saturated carbocycles. The van der Waals surface area contributed by atoms with E-state index >= 15 is 0 Å². The highest BCUT2D eigenvalue weighted by molar-refractivity contribution is 7.11. The normalized spacial score (nSPS) is 21.8. The lowest BCUT2D eigenvalue weighted by molar-refractivity contribution is -0.150. The Morgan fingerprint density at radius 2 is 2.29 bits per heavy atom. The fourth-order valence-electron chi connectivity index (χ4n) is 2.65. The summed E-state index contributed by atoms with van der Waals surface area (Å²) in [5.41, 5.74) is -0.824. The molecule has 1 fully saturated rings. The van der Waals surface area contributed by atoms with Crippen molar-refractivity contribution in [3.63, 3.8) is 0 Å². The molecular weight excluding hydrogens is 290 g/mol. The van der Waals surface area contributed by atoms with Crippen LogP contribution in [0.3, 0.4) is 0 Å². The number of amides is 2. The lowest BCUT2D eigenvalue weighted by Crippen LogP contribution is -2.43. The van der Waals surface area contributed by atoms with Crippen molar-refractivity contribution in [2.75, 3.05) is 13.1 Å². The zero-order valence-corrected chi connectivity index (χ0v) is 13.4. The fraction of sp³-hybridized carbons (Fsp3) is 0.643. The van der Waals surface area contributed by atoms with Gasteiger partial charge in [0.2, 0.25) is 0 Å². The van der Waals surface area contributed by atoms with Crippen molar-refractivity contribution in [2.24, 2.45) is 11.3 Å². The molecule has 0 radical (unpaired) electrons. The predicted molar refractivity (Wildman–Crippen MR) is 80.2 cm³/mol. The number of carboxylic acids is 1. The van der Waals surface area contributed by atoms with Gasteiger partial charge in [-0.3, -0.25) is 4.79 Å². The van der Waals surface area contributed by atoms with Crippen LogP contribution in [0.15, 0.2) is 6.20 Å². The van der Waals surface area contributed by atoms with Crippen molar-refractivity contribution >= 4 is 23.3 Å². The molecule has 1 aliphatic rings. The number of rotatable bonds is 4. The molecule has 0 spiro atoms. The quantitative estimate of drug-likeness (QED) is 0.892. The van der Waals surface area contributed by atoms with Crippen molar-refractivity contribution in [3.05, 3.63) is 16.1 Å². The number of hydrogen-bond acceptors (Lipinski definition) is 4. The van der Waals surface area contributed by atoms with Crippen LogP contribution in [0.2, 0.25) is 0 Å². The molecule has 0 aromatic carbocycles. The molecule has 1 atom stereocenters. The highest BCUT2D eigenvalue weighted by atomic mass is 32.1. The molecule has 2 rings (SSSR count). The van der Waals surface area contributed by atoms with Gasteiger partial charge in [0.25, 0.3) is 0 Å². The largest absolute Gasteiger partial charge is 0.481 e. The minimum Gasteiger partial charge on any atom is -0.481 e. The molecule has 0 aliphatic carbocycles. The minimum atomic E-state index is -0.824. The molecule has 2 heterocycles. The van der Waals surface area contributed by atoms with E-state index in [0.717, 1.165) is 9.88 Å². The van der Waals surface area contributed by atoms with E-state index in [9.17, 15) is 14.7 Å². The summed E-state index contributed by atoms with van der Waals surface area (Å²) >= 11 is 1.54. The number of hydrogen-bond donors (Lipinski definition) is 2. The van der Waals surface area contributed by atoms with Crippen LogP contribution in [0.5, 0.6) is 0 Å². The summed E-state index contributed by atoms with van der Waals surface area (Å²) in [6.45, 7) is 6.89. The molecule has 6 nitrogen and oxygen atoms in total. The maximum absolute atomic E-state index is 12.2. The van der Waals surface area contributed by atoms with Crippen LogP contribution in [0.25, 0.3) is 0 Å². The Hall–Kier alpha value is -1.63. The van der Waals surface area contributed by atoms with Gasteiger partial charge in [-0.05, 0) is 19.3 Å². The highest BCUT2D eigenvalue weighted by Crippen LogP contribution is 2.38. The number of aromatic nitrogens is 1. The van der Waals surface area contributed by atoms with Gasteiger partial charge in [-0.25, -0.2) is 9.78 Å². The van der Waals surface area contributed by atoms with Gasteiger partial charge in [-0.2, -0.15) is 0 Å². The SMILES string of the molecule is Cc1cnc(CNC(=O)N2CCC(C(=O)O)(C(C)C)C2)s1. The van der Waals surface area contributed by atoms with Gasteiger partial charge in [0.15, 0.2) is 0 Å². The Balaban J connectivity index is 1.94. The number of urea groups is 1. The summed E-state index contributed by atoms with van der Waals surface area (Å²) in [6, 6.07) is -0.216. The Kier molecular flexibility index (Phi) is 4.51. The molecule has 1 aromatic rings. The summed E-state index contributed by atoms with van der Waals surface area (Å²) in [6.07, 6.45) is 2.28.